The van der Waals surface area contributed by atoms with E-state index in [1.807, 2.05) is 39.0 Å². The maximum absolute atomic E-state index is 12.4. The first kappa shape index (κ1) is 20.8. The molecule has 0 fully saturated rings. The van der Waals surface area contributed by atoms with E-state index in [2.05, 4.69) is 5.32 Å². The smallest absolute Gasteiger partial charge is 0.232 e. The average molecular weight is 391 g/mol. The molecule has 0 aliphatic heterocycles. The minimum Gasteiger partial charge on any atom is -0.455 e. The molecule has 0 radical (unpaired) electrons. The molecule has 0 saturated carbocycles. The predicted octanol–water partition coefficient (Wildman–Crippen LogP) is 3.55. The van der Waals surface area contributed by atoms with Gasteiger partial charge in [-0.25, -0.2) is 8.42 Å². The van der Waals surface area contributed by atoms with E-state index in [0.717, 1.165) is 6.26 Å². The Morgan fingerprint density at radius 2 is 1.63 bits per heavy atom. The Balaban J connectivity index is 2.26. The zero-order chi connectivity index (χ0) is 20.1. The van der Waals surface area contributed by atoms with Gasteiger partial charge in [0, 0.05) is 18.5 Å². The van der Waals surface area contributed by atoms with Crippen molar-refractivity contribution in [3.8, 4) is 11.5 Å². The van der Waals surface area contributed by atoms with Gasteiger partial charge in [-0.1, -0.05) is 30.3 Å². The second-order valence-corrected chi connectivity index (χ2v) is 9.17. The fourth-order valence-electron chi connectivity index (χ4n) is 2.51. The molecule has 0 heterocycles. The number of hydrogen-bond acceptors (Lipinski definition) is 4. The van der Waals surface area contributed by atoms with Crippen LogP contribution in [0.4, 0.5) is 5.69 Å². The van der Waals surface area contributed by atoms with Gasteiger partial charge in [-0.15, -0.1) is 0 Å². The second-order valence-electron chi connectivity index (χ2n) is 7.27. The van der Waals surface area contributed by atoms with Gasteiger partial charge in [-0.05, 0) is 45.0 Å². The Morgan fingerprint density at radius 3 is 2.22 bits per heavy atom. The summed E-state index contributed by atoms with van der Waals surface area (Å²) in [6, 6.07) is 16.0. The first-order valence-corrected chi connectivity index (χ1v) is 10.5. The van der Waals surface area contributed by atoms with Crippen molar-refractivity contribution in [1.29, 1.82) is 0 Å². The third-order valence-electron chi connectivity index (χ3n) is 3.56. The number of sulfonamides is 1. The summed E-state index contributed by atoms with van der Waals surface area (Å²) in [5.74, 6) is 0.798. The Kier molecular flexibility index (Phi) is 6.49. The Labute approximate surface area is 161 Å². The molecule has 2 aromatic carbocycles. The van der Waals surface area contributed by atoms with Gasteiger partial charge in [0.2, 0.25) is 15.9 Å². The Hall–Kier alpha value is -2.54. The molecule has 2 rings (SSSR count). The maximum Gasteiger partial charge on any atom is 0.232 e. The van der Waals surface area contributed by atoms with Gasteiger partial charge in [0.25, 0.3) is 0 Å². The SMILES string of the molecule is CC(C)(C)NC(=O)CCN(c1ccccc1Oc1ccccc1)S(C)(=O)=O. The summed E-state index contributed by atoms with van der Waals surface area (Å²) < 4.78 is 31.8. The number of ether oxygens (including phenoxy) is 1. The monoisotopic (exact) mass is 390 g/mol. The normalized spacial score (nSPS) is 11.7. The third kappa shape index (κ3) is 6.60. The van der Waals surface area contributed by atoms with Crippen LogP contribution in [0.2, 0.25) is 0 Å². The van der Waals surface area contributed by atoms with Crippen molar-refractivity contribution in [2.75, 3.05) is 17.1 Å². The lowest BCUT2D eigenvalue weighted by Crippen LogP contribution is -2.42. The van der Waals surface area contributed by atoms with Crippen LogP contribution < -0.4 is 14.4 Å². The highest BCUT2D eigenvalue weighted by atomic mass is 32.2. The van der Waals surface area contributed by atoms with Crippen molar-refractivity contribution >= 4 is 21.6 Å². The van der Waals surface area contributed by atoms with Crippen LogP contribution in [0.3, 0.4) is 0 Å². The topological polar surface area (TPSA) is 75.7 Å². The van der Waals surface area contributed by atoms with Crippen LogP contribution in [0.1, 0.15) is 27.2 Å². The number of amides is 1. The molecule has 1 amide bonds. The van der Waals surface area contributed by atoms with Gasteiger partial charge in [0.1, 0.15) is 5.75 Å². The molecular formula is C20H26N2O4S. The molecule has 2 aromatic rings. The molecule has 1 N–H and O–H groups in total. The van der Waals surface area contributed by atoms with Crippen LogP contribution in [-0.4, -0.2) is 32.7 Å². The molecule has 7 heteroatoms. The van der Waals surface area contributed by atoms with E-state index >= 15 is 0 Å². The molecule has 27 heavy (non-hydrogen) atoms. The summed E-state index contributed by atoms with van der Waals surface area (Å²) in [4.78, 5) is 12.1. The van der Waals surface area contributed by atoms with Crippen LogP contribution in [0.25, 0.3) is 0 Å². The number of para-hydroxylation sites is 3. The van der Waals surface area contributed by atoms with E-state index < -0.39 is 10.0 Å². The standard InChI is InChI=1S/C20H26N2O4S/c1-20(2,3)21-19(23)14-15-22(27(4,24)25)17-12-8-9-13-18(17)26-16-10-6-5-7-11-16/h5-13H,14-15H2,1-4H3,(H,21,23). The molecular weight excluding hydrogens is 364 g/mol. The molecule has 0 unspecified atom stereocenters. The number of benzene rings is 2. The van der Waals surface area contributed by atoms with Gasteiger partial charge in [0.15, 0.2) is 5.75 Å². The minimum absolute atomic E-state index is 0.0237. The summed E-state index contributed by atoms with van der Waals surface area (Å²) in [7, 11) is -3.60. The number of hydrogen-bond donors (Lipinski definition) is 1. The molecule has 0 bridgehead atoms. The van der Waals surface area contributed by atoms with Crippen molar-refractivity contribution in [3.05, 3.63) is 54.6 Å². The second kappa shape index (κ2) is 8.43. The van der Waals surface area contributed by atoms with E-state index in [1.54, 1.807) is 36.4 Å². The fraction of sp³-hybridized carbons (Fsp3) is 0.350. The Morgan fingerprint density at radius 1 is 1.04 bits per heavy atom. The van der Waals surface area contributed by atoms with Gasteiger partial charge in [0.05, 0.1) is 11.9 Å². The van der Waals surface area contributed by atoms with Crippen molar-refractivity contribution < 1.29 is 17.9 Å². The highest BCUT2D eigenvalue weighted by Crippen LogP contribution is 2.33. The van der Waals surface area contributed by atoms with Crippen LogP contribution in [0.5, 0.6) is 11.5 Å². The number of carbonyl (C=O) groups excluding carboxylic acids is 1. The summed E-state index contributed by atoms with van der Waals surface area (Å²) in [6.07, 6.45) is 1.16. The van der Waals surface area contributed by atoms with E-state index in [9.17, 15) is 13.2 Å². The molecule has 0 aliphatic rings. The van der Waals surface area contributed by atoms with Crippen LogP contribution in [0, 0.1) is 0 Å². The minimum atomic E-state index is -3.60. The highest BCUT2D eigenvalue weighted by Gasteiger charge is 2.23. The van der Waals surface area contributed by atoms with E-state index in [1.165, 1.54) is 4.31 Å². The first-order chi connectivity index (χ1) is 12.6. The van der Waals surface area contributed by atoms with Gasteiger partial charge >= 0.3 is 0 Å². The van der Waals surface area contributed by atoms with Crippen molar-refractivity contribution in [3.63, 3.8) is 0 Å². The zero-order valence-corrected chi connectivity index (χ0v) is 16.9. The summed E-state index contributed by atoms with van der Waals surface area (Å²) >= 11 is 0. The number of nitrogens with zero attached hydrogens (tertiary/aromatic N) is 1. The van der Waals surface area contributed by atoms with Crippen molar-refractivity contribution in [2.24, 2.45) is 0 Å². The predicted molar refractivity (Wildman–Crippen MR) is 108 cm³/mol. The number of rotatable bonds is 7. The first-order valence-electron chi connectivity index (χ1n) is 8.67. The number of carbonyl (C=O) groups is 1. The maximum atomic E-state index is 12.4. The molecule has 0 aliphatic carbocycles. The molecule has 0 atom stereocenters. The quantitative estimate of drug-likeness (QED) is 0.784. The Bertz CT molecular complexity index is 874. The van der Waals surface area contributed by atoms with E-state index in [-0.39, 0.29) is 24.4 Å². The lowest BCUT2D eigenvalue weighted by atomic mass is 10.1. The lowest BCUT2D eigenvalue weighted by Gasteiger charge is -2.26. The van der Waals surface area contributed by atoms with Crippen molar-refractivity contribution in [2.45, 2.75) is 32.7 Å². The molecule has 146 valence electrons. The van der Waals surface area contributed by atoms with E-state index in [0.29, 0.717) is 17.2 Å². The molecule has 0 aromatic heterocycles. The number of nitrogens with one attached hydrogen (secondary N) is 1. The molecule has 6 nitrogen and oxygen atoms in total. The average Bonchev–Trinajstić information content (AvgIpc) is 2.54. The fourth-order valence-corrected chi connectivity index (χ4v) is 3.44. The lowest BCUT2D eigenvalue weighted by molar-refractivity contribution is -0.122. The molecule has 0 saturated heterocycles. The largest absolute Gasteiger partial charge is 0.455 e. The van der Waals surface area contributed by atoms with E-state index in [4.69, 9.17) is 4.74 Å². The van der Waals surface area contributed by atoms with Gasteiger partial charge < -0.3 is 10.1 Å². The van der Waals surface area contributed by atoms with Crippen molar-refractivity contribution in [1.82, 2.24) is 5.32 Å². The molecule has 0 spiro atoms. The summed E-state index contributed by atoms with van der Waals surface area (Å²) in [5.41, 5.74) is 0.0221. The summed E-state index contributed by atoms with van der Waals surface area (Å²) in [5, 5.41) is 2.84. The van der Waals surface area contributed by atoms with Crippen LogP contribution >= 0.6 is 0 Å². The zero-order valence-electron chi connectivity index (χ0n) is 16.1. The van der Waals surface area contributed by atoms with Crippen LogP contribution in [0.15, 0.2) is 54.6 Å². The van der Waals surface area contributed by atoms with Crippen LogP contribution in [-0.2, 0) is 14.8 Å². The summed E-state index contributed by atoms with van der Waals surface area (Å²) in [6.45, 7) is 5.66. The van der Waals surface area contributed by atoms with Gasteiger partial charge in [-0.3, -0.25) is 9.10 Å². The highest BCUT2D eigenvalue weighted by molar-refractivity contribution is 7.92. The van der Waals surface area contributed by atoms with Gasteiger partial charge in [-0.2, -0.15) is 0 Å². The third-order valence-corrected chi connectivity index (χ3v) is 4.74. The number of anilines is 1.